The second-order valence-corrected chi connectivity index (χ2v) is 14.9. The highest BCUT2D eigenvalue weighted by Gasteiger charge is 2.27. The van der Waals surface area contributed by atoms with Crippen LogP contribution in [0, 0.1) is 0 Å². The van der Waals surface area contributed by atoms with Crippen molar-refractivity contribution in [2.24, 2.45) is 0 Å². The molecule has 0 amide bonds. The van der Waals surface area contributed by atoms with E-state index in [2.05, 4.69) is 165 Å². The van der Waals surface area contributed by atoms with Crippen LogP contribution in [-0.4, -0.2) is 23.5 Å². The summed E-state index contributed by atoms with van der Waals surface area (Å²) in [7, 11) is 0. The minimum atomic E-state index is 0.554. The molecule has 6 heterocycles. The fourth-order valence-corrected chi connectivity index (χ4v) is 9.99. The summed E-state index contributed by atoms with van der Waals surface area (Å²) < 4.78 is 13.7. The Morgan fingerprint density at radius 1 is 0.375 bits per heavy atom. The number of hydrogen-bond acceptors (Lipinski definition) is 3. The summed E-state index contributed by atoms with van der Waals surface area (Å²) in [5.41, 5.74) is 9.28. The number of hydrogen-bond donors (Lipinski definition) is 0. The van der Waals surface area contributed by atoms with Gasteiger partial charge in [0.05, 0.1) is 44.0 Å². The molecule has 0 aliphatic carbocycles. The molecule has 0 aliphatic heterocycles. The summed E-state index contributed by atoms with van der Waals surface area (Å²) in [5.74, 6) is 1.35. The van der Waals surface area contributed by atoms with Crippen LogP contribution in [-0.2, 0) is 0 Å². The van der Waals surface area contributed by atoms with Gasteiger partial charge in [-0.25, -0.2) is 0 Å². The molecule has 258 valence electrons. The lowest BCUT2D eigenvalue weighted by Gasteiger charge is -2.12. The zero-order chi connectivity index (χ0) is 36.2. The van der Waals surface area contributed by atoms with Crippen LogP contribution in [0.15, 0.2) is 168 Å². The molecular formula is C50H27N5O. The van der Waals surface area contributed by atoms with Gasteiger partial charge in [-0.15, -0.1) is 0 Å². The first-order chi connectivity index (χ1) is 27.8. The van der Waals surface area contributed by atoms with E-state index in [1.165, 1.54) is 65.0 Å². The Kier molecular flexibility index (Phi) is 5.18. The van der Waals surface area contributed by atoms with Crippen LogP contribution in [0.4, 0.5) is 0 Å². The molecule has 6 aromatic heterocycles. The van der Waals surface area contributed by atoms with Crippen LogP contribution >= 0.6 is 0 Å². The van der Waals surface area contributed by atoms with E-state index in [4.69, 9.17) is 14.4 Å². The number of aromatic nitrogens is 5. The Morgan fingerprint density at radius 3 is 1.71 bits per heavy atom. The fourth-order valence-electron chi connectivity index (χ4n) is 9.99. The van der Waals surface area contributed by atoms with E-state index < -0.39 is 0 Å². The molecule has 8 aromatic carbocycles. The van der Waals surface area contributed by atoms with Crippen LogP contribution in [0.25, 0.3) is 126 Å². The number of benzene rings is 8. The Balaban J connectivity index is 1.21. The molecule has 0 saturated heterocycles. The normalized spacial score (nSPS) is 12.6. The Labute approximate surface area is 317 Å². The second-order valence-electron chi connectivity index (χ2n) is 14.9. The monoisotopic (exact) mass is 713 g/mol. The molecule has 0 radical (unpaired) electrons. The van der Waals surface area contributed by atoms with Gasteiger partial charge in [0, 0.05) is 53.9 Å². The van der Waals surface area contributed by atoms with E-state index in [1.54, 1.807) is 0 Å². The van der Waals surface area contributed by atoms with Gasteiger partial charge in [-0.3, -0.25) is 9.13 Å². The molecular weight excluding hydrogens is 687 g/mol. The van der Waals surface area contributed by atoms with Crippen molar-refractivity contribution in [2.75, 3.05) is 0 Å². The van der Waals surface area contributed by atoms with Crippen molar-refractivity contribution in [1.82, 2.24) is 23.5 Å². The summed E-state index contributed by atoms with van der Waals surface area (Å²) in [6.45, 7) is 0. The maximum atomic E-state index is 6.65. The lowest BCUT2D eigenvalue weighted by Crippen LogP contribution is -2.06. The standard InChI is InChI=1S/C50H27N5O/c1-2-14-29-28(13-1)25-26-35-44-43-33-18-6-11-23-40(33)54(41(43)27-36-32-17-5-10-22-39(32)55(46(29)35)47(36)44)50-51-48(45-34-19-7-12-24-42(34)56-49(45)52-50)53-37-20-8-3-15-30(37)31-16-4-9-21-38(31)53/h1-27H. The molecule has 56 heavy (non-hydrogen) atoms. The maximum absolute atomic E-state index is 6.65. The van der Waals surface area contributed by atoms with Crippen LogP contribution in [0.5, 0.6) is 0 Å². The van der Waals surface area contributed by atoms with Crippen molar-refractivity contribution < 1.29 is 4.42 Å². The summed E-state index contributed by atoms with van der Waals surface area (Å²) >= 11 is 0. The van der Waals surface area contributed by atoms with Crippen LogP contribution in [0.3, 0.4) is 0 Å². The highest BCUT2D eigenvalue weighted by molar-refractivity contribution is 6.37. The number of fused-ring (bicyclic) bond motifs is 18. The third-order valence-corrected chi connectivity index (χ3v) is 12.2. The molecule has 0 fully saturated rings. The molecule has 0 saturated carbocycles. The largest absolute Gasteiger partial charge is 0.437 e. The van der Waals surface area contributed by atoms with Gasteiger partial charge in [-0.2, -0.15) is 9.97 Å². The van der Waals surface area contributed by atoms with Gasteiger partial charge in [0.2, 0.25) is 11.7 Å². The summed E-state index contributed by atoms with van der Waals surface area (Å²) in [6, 6.07) is 58.5. The van der Waals surface area contributed by atoms with Crippen LogP contribution < -0.4 is 0 Å². The molecule has 0 atom stereocenters. The smallest absolute Gasteiger partial charge is 0.240 e. The third-order valence-electron chi connectivity index (χ3n) is 12.2. The first-order valence-electron chi connectivity index (χ1n) is 19.0. The van der Waals surface area contributed by atoms with Gasteiger partial charge in [0.15, 0.2) is 5.82 Å². The van der Waals surface area contributed by atoms with Crippen molar-refractivity contribution in [3.05, 3.63) is 164 Å². The predicted octanol–water partition coefficient (Wildman–Crippen LogP) is 12.9. The molecule has 0 aliphatic rings. The molecule has 14 rings (SSSR count). The minimum Gasteiger partial charge on any atom is -0.437 e. The van der Waals surface area contributed by atoms with Crippen molar-refractivity contribution in [3.8, 4) is 11.8 Å². The Hall–Kier alpha value is -7.70. The number of nitrogens with zero attached hydrogens (tertiary/aromatic N) is 5. The van der Waals surface area contributed by atoms with Gasteiger partial charge < -0.3 is 8.82 Å². The van der Waals surface area contributed by atoms with Crippen molar-refractivity contribution >= 4 is 115 Å². The molecule has 0 unspecified atom stereocenters. The summed E-state index contributed by atoms with van der Waals surface area (Å²) in [4.78, 5) is 11.0. The van der Waals surface area contributed by atoms with Gasteiger partial charge in [0.25, 0.3) is 0 Å². The van der Waals surface area contributed by atoms with Gasteiger partial charge in [-0.1, -0.05) is 127 Å². The van der Waals surface area contributed by atoms with E-state index in [1.807, 2.05) is 12.1 Å². The molecule has 14 aromatic rings. The third kappa shape index (κ3) is 3.39. The maximum Gasteiger partial charge on any atom is 0.240 e. The molecule has 6 nitrogen and oxygen atoms in total. The van der Waals surface area contributed by atoms with E-state index in [9.17, 15) is 0 Å². The number of rotatable bonds is 2. The predicted molar refractivity (Wildman–Crippen MR) is 230 cm³/mol. The van der Waals surface area contributed by atoms with Crippen molar-refractivity contribution in [3.63, 3.8) is 0 Å². The first-order valence-corrected chi connectivity index (χ1v) is 19.0. The number of furan rings is 1. The Bertz CT molecular complexity index is 3960. The fraction of sp³-hybridized carbons (Fsp3) is 0. The Morgan fingerprint density at radius 2 is 0.964 bits per heavy atom. The minimum absolute atomic E-state index is 0.554. The molecule has 0 N–H and O–H groups in total. The zero-order valence-electron chi connectivity index (χ0n) is 29.7. The van der Waals surface area contributed by atoms with Gasteiger partial charge in [-0.05, 0) is 41.8 Å². The average Bonchev–Trinajstić information content (AvgIpc) is 4.05. The van der Waals surface area contributed by atoms with Gasteiger partial charge in [0.1, 0.15) is 5.58 Å². The lowest BCUT2D eigenvalue weighted by molar-refractivity contribution is 0.650. The molecule has 0 spiro atoms. The van der Waals surface area contributed by atoms with Crippen molar-refractivity contribution in [1.29, 1.82) is 0 Å². The zero-order valence-corrected chi connectivity index (χ0v) is 29.7. The molecule has 6 heteroatoms. The van der Waals surface area contributed by atoms with E-state index in [0.29, 0.717) is 11.7 Å². The van der Waals surface area contributed by atoms with Crippen LogP contribution in [0.2, 0.25) is 0 Å². The highest BCUT2D eigenvalue weighted by Crippen LogP contribution is 2.48. The van der Waals surface area contributed by atoms with Crippen LogP contribution in [0.1, 0.15) is 0 Å². The van der Waals surface area contributed by atoms with E-state index >= 15 is 0 Å². The first kappa shape index (κ1) is 28.8. The second kappa shape index (κ2) is 10.1. The average molecular weight is 714 g/mol. The molecule has 0 bridgehead atoms. The van der Waals surface area contributed by atoms with E-state index in [-0.39, 0.29) is 0 Å². The number of para-hydroxylation sites is 5. The topological polar surface area (TPSA) is 53.2 Å². The lowest BCUT2D eigenvalue weighted by atomic mass is 10.0. The summed E-state index contributed by atoms with van der Waals surface area (Å²) in [5, 5.41) is 14.0. The van der Waals surface area contributed by atoms with Crippen molar-refractivity contribution in [2.45, 2.75) is 0 Å². The quantitative estimate of drug-likeness (QED) is 0.179. The SMILES string of the molecule is c1ccc2c(c1)ccc1c3c4c5ccccc5n(-c5nc(-n6c7ccccc7c7ccccc76)c6c(n5)oc5ccccc56)c4cc4c5ccccc5n(c21)c43. The van der Waals surface area contributed by atoms with Gasteiger partial charge >= 0.3 is 0 Å². The summed E-state index contributed by atoms with van der Waals surface area (Å²) in [6.07, 6.45) is 0. The van der Waals surface area contributed by atoms with E-state index in [0.717, 1.165) is 49.6 Å². The highest BCUT2D eigenvalue weighted by atomic mass is 16.3.